The molecule has 0 aromatic heterocycles. The summed E-state index contributed by atoms with van der Waals surface area (Å²) in [4.78, 5) is 57.4. The van der Waals surface area contributed by atoms with Gasteiger partial charge in [-0.2, -0.15) is 0 Å². The third-order valence-electron chi connectivity index (χ3n) is 7.50. The van der Waals surface area contributed by atoms with Crippen LogP contribution >= 0.6 is 15.9 Å². The molecule has 0 aliphatic carbocycles. The molecule has 9 nitrogen and oxygen atoms in total. The number of amides is 5. The molecule has 2 aliphatic heterocycles. The minimum absolute atomic E-state index is 0.0475. The molecule has 0 radical (unpaired) electrons. The number of imide groups is 1. The molecule has 4 rings (SSSR count). The van der Waals surface area contributed by atoms with Crippen molar-refractivity contribution in [1.29, 1.82) is 0 Å². The lowest BCUT2D eigenvalue weighted by Crippen LogP contribution is -2.55. The molecule has 41 heavy (non-hydrogen) atoms. The van der Waals surface area contributed by atoms with E-state index in [2.05, 4.69) is 42.0 Å². The summed E-state index contributed by atoms with van der Waals surface area (Å²) in [5.74, 6) is -0.862. The minimum Gasteiger partial charge on any atom is -0.444 e. The number of carbonyl (C=O) groups is 4. The van der Waals surface area contributed by atoms with Crippen LogP contribution in [0.4, 0.5) is 9.59 Å². The Morgan fingerprint density at radius 2 is 1.59 bits per heavy atom. The van der Waals surface area contributed by atoms with Crippen LogP contribution in [0.25, 0.3) is 0 Å². The molecule has 2 saturated heterocycles. The highest BCUT2D eigenvalue weighted by atomic mass is 79.9. The summed E-state index contributed by atoms with van der Waals surface area (Å²) < 4.78 is 6.45. The summed E-state index contributed by atoms with van der Waals surface area (Å²) in [5, 5.41) is 2.76. The molecule has 1 N–H and O–H groups in total. The number of carbonyl (C=O) groups excluding carboxylic acids is 4. The fraction of sp³-hybridized carbons (Fsp3) is 0.484. The molecule has 220 valence electrons. The number of halogens is 1. The van der Waals surface area contributed by atoms with Crippen LogP contribution in [0.3, 0.4) is 0 Å². The Labute approximate surface area is 250 Å². The maximum atomic E-state index is 13.8. The Bertz CT molecular complexity index is 1330. The lowest BCUT2D eigenvalue weighted by atomic mass is 9.86. The summed E-state index contributed by atoms with van der Waals surface area (Å²) >= 11 is 3.39. The third-order valence-corrected chi connectivity index (χ3v) is 8.03. The van der Waals surface area contributed by atoms with Crippen molar-refractivity contribution in [3.05, 3.63) is 69.7 Å². The van der Waals surface area contributed by atoms with Gasteiger partial charge in [-0.3, -0.25) is 14.5 Å². The first-order chi connectivity index (χ1) is 19.0. The number of rotatable bonds is 4. The summed E-state index contributed by atoms with van der Waals surface area (Å²) in [6, 6.07) is 14.0. The molecule has 10 heteroatoms. The van der Waals surface area contributed by atoms with Gasteiger partial charge in [0.15, 0.2) is 0 Å². The van der Waals surface area contributed by atoms with Gasteiger partial charge in [0.05, 0.1) is 6.04 Å². The van der Waals surface area contributed by atoms with E-state index in [1.807, 2.05) is 45.0 Å². The van der Waals surface area contributed by atoms with Crippen LogP contribution in [0.5, 0.6) is 0 Å². The number of hydrogen-bond acceptors (Lipinski definition) is 5. The topological polar surface area (TPSA) is 99.3 Å². The molecule has 2 aromatic rings. The number of nitrogens with one attached hydrogen (secondary N) is 1. The van der Waals surface area contributed by atoms with Crippen molar-refractivity contribution in [1.82, 2.24) is 20.0 Å². The maximum absolute atomic E-state index is 13.8. The second kappa shape index (κ2) is 11.1. The van der Waals surface area contributed by atoms with Crippen LogP contribution in [0.2, 0.25) is 0 Å². The zero-order chi connectivity index (χ0) is 30.3. The van der Waals surface area contributed by atoms with Crippen molar-refractivity contribution in [3.8, 4) is 0 Å². The van der Waals surface area contributed by atoms with Gasteiger partial charge in [-0.15, -0.1) is 0 Å². The van der Waals surface area contributed by atoms with Crippen LogP contribution in [0.15, 0.2) is 53.0 Å². The average Bonchev–Trinajstić information content (AvgIpc) is 3.10. The molecule has 2 atom stereocenters. The Balaban J connectivity index is 1.58. The van der Waals surface area contributed by atoms with Gasteiger partial charge in [-0.1, -0.05) is 73.1 Å². The Morgan fingerprint density at radius 1 is 0.976 bits per heavy atom. The van der Waals surface area contributed by atoms with E-state index in [-0.39, 0.29) is 31.0 Å². The molecule has 2 fully saturated rings. The quantitative estimate of drug-likeness (QED) is 0.462. The van der Waals surface area contributed by atoms with Gasteiger partial charge < -0.3 is 19.9 Å². The molecule has 2 heterocycles. The van der Waals surface area contributed by atoms with Gasteiger partial charge in [0.25, 0.3) is 5.91 Å². The van der Waals surface area contributed by atoms with E-state index in [0.29, 0.717) is 5.56 Å². The normalized spacial score (nSPS) is 21.7. The second-order valence-electron chi connectivity index (χ2n) is 12.9. The first-order valence-corrected chi connectivity index (χ1v) is 14.6. The number of benzene rings is 2. The van der Waals surface area contributed by atoms with Crippen molar-refractivity contribution in [2.45, 2.75) is 71.1 Å². The molecule has 0 saturated carbocycles. The van der Waals surface area contributed by atoms with E-state index < -0.39 is 41.8 Å². The number of ether oxygens (including phenoxy) is 1. The Kier molecular flexibility index (Phi) is 8.28. The SMILES string of the molecule is CC(C)(C)OC(=O)N1CCN(C(=O)CN2C(=O)NC(C)(c3ccc(Br)cc3)C2=O)C(c2ccc(C(C)(C)C)cc2)C1. The Morgan fingerprint density at radius 3 is 2.15 bits per heavy atom. The van der Waals surface area contributed by atoms with Crippen molar-refractivity contribution in [3.63, 3.8) is 0 Å². The zero-order valence-corrected chi connectivity index (χ0v) is 26.4. The molecule has 2 aliphatic rings. The van der Waals surface area contributed by atoms with Crippen LogP contribution in [-0.2, 0) is 25.3 Å². The van der Waals surface area contributed by atoms with E-state index >= 15 is 0 Å². The number of nitrogens with zero attached hydrogens (tertiary/aromatic N) is 3. The number of hydrogen-bond donors (Lipinski definition) is 1. The van der Waals surface area contributed by atoms with E-state index in [9.17, 15) is 19.2 Å². The van der Waals surface area contributed by atoms with E-state index in [0.717, 1.165) is 20.5 Å². The van der Waals surface area contributed by atoms with Gasteiger partial charge in [-0.05, 0) is 61.9 Å². The second-order valence-corrected chi connectivity index (χ2v) is 13.8. The summed E-state index contributed by atoms with van der Waals surface area (Å²) in [6.45, 7) is 13.8. The largest absolute Gasteiger partial charge is 0.444 e. The van der Waals surface area contributed by atoms with Crippen molar-refractivity contribution < 1.29 is 23.9 Å². The fourth-order valence-electron chi connectivity index (χ4n) is 5.11. The fourth-order valence-corrected chi connectivity index (χ4v) is 5.37. The molecule has 5 amide bonds. The van der Waals surface area contributed by atoms with Crippen LogP contribution in [-0.4, -0.2) is 70.4 Å². The Hall–Kier alpha value is -3.40. The van der Waals surface area contributed by atoms with Crippen LogP contribution in [0.1, 0.15) is 71.2 Å². The van der Waals surface area contributed by atoms with E-state index in [1.165, 1.54) is 0 Å². The molecule has 2 aromatic carbocycles. The monoisotopic (exact) mass is 626 g/mol. The highest BCUT2D eigenvalue weighted by molar-refractivity contribution is 9.10. The third kappa shape index (κ3) is 6.58. The lowest BCUT2D eigenvalue weighted by Gasteiger charge is -2.42. The van der Waals surface area contributed by atoms with Crippen molar-refractivity contribution in [2.75, 3.05) is 26.2 Å². The highest BCUT2D eigenvalue weighted by Gasteiger charge is 2.50. The summed E-state index contributed by atoms with van der Waals surface area (Å²) in [7, 11) is 0. The minimum atomic E-state index is -1.28. The van der Waals surface area contributed by atoms with Gasteiger partial charge >= 0.3 is 12.1 Å². The van der Waals surface area contributed by atoms with Gasteiger partial charge in [0, 0.05) is 24.1 Å². The maximum Gasteiger partial charge on any atom is 0.410 e. The van der Waals surface area contributed by atoms with Gasteiger partial charge in [-0.25, -0.2) is 9.59 Å². The molecular formula is C31H39BrN4O5. The van der Waals surface area contributed by atoms with E-state index in [1.54, 1.807) is 41.0 Å². The van der Waals surface area contributed by atoms with E-state index in [4.69, 9.17) is 4.74 Å². The molecule has 0 spiro atoms. The predicted octanol–water partition coefficient (Wildman–Crippen LogP) is 5.33. The zero-order valence-electron chi connectivity index (χ0n) is 24.8. The summed E-state index contributed by atoms with van der Waals surface area (Å²) in [5.41, 5.74) is 0.640. The molecular weight excluding hydrogens is 588 g/mol. The number of urea groups is 1. The van der Waals surface area contributed by atoms with Gasteiger partial charge in [0.2, 0.25) is 5.91 Å². The number of piperazine rings is 1. The lowest BCUT2D eigenvalue weighted by molar-refractivity contribution is -0.142. The smallest absolute Gasteiger partial charge is 0.410 e. The first kappa shape index (κ1) is 30.6. The van der Waals surface area contributed by atoms with Crippen molar-refractivity contribution >= 4 is 39.9 Å². The highest BCUT2D eigenvalue weighted by Crippen LogP contribution is 2.32. The molecule has 0 bridgehead atoms. The molecule has 2 unspecified atom stereocenters. The van der Waals surface area contributed by atoms with Crippen molar-refractivity contribution in [2.24, 2.45) is 0 Å². The first-order valence-electron chi connectivity index (χ1n) is 13.8. The van der Waals surface area contributed by atoms with Crippen LogP contribution < -0.4 is 5.32 Å². The van der Waals surface area contributed by atoms with Crippen LogP contribution in [0, 0.1) is 0 Å². The summed E-state index contributed by atoms with van der Waals surface area (Å²) in [6.07, 6.45) is -0.444. The average molecular weight is 628 g/mol. The predicted molar refractivity (Wildman–Crippen MR) is 159 cm³/mol. The standard InChI is InChI=1S/C31H39BrN4O5/c1-29(2,3)21-10-8-20(9-11-21)24-18-34(28(40)41-30(4,5)6)16-17-35(24)25(37)19-36-26(38)31(7,33-27(36)39)22-12-14-23(32)15-13-22/h8-15,24H,16-19H2,1-7H3,(H,33,39). The van der Waals surface area contributed by atoms with Gasteiger partial charge in [0.1, 0.15) is 17.7 Å².